The van der Waals surface area contributed by atoms with Crippen molar-refractivity contribution in [2.45, 2.75) is 25.7 Å². The number of carbonyl (C=O) groups excluding carboxylic acids is 1. The van der Waals surface area contributed by atoms with Crippen LogP contribution in [0, 0.1) is 5.92 Å². The van der Waals surface area contributed by atoms with E-state index in [4.69, 9.17) is 0 Å². The molecule has 1 amide bonds. The summed E-state index contributed by atoms with van der Waals surface area (Å²) in [5.41, 5.74) is 1.16. The lowest BCUT2D eigenvalue weighted by Crippen LogP contribution is -2.26. The van der Waals surface area contributed by atoms with Crippen LogP contribution in [0.5, 0.6) is 0 Å². The van der Waals surface area contributed by atoms with Crippen molar-refractivity contribution < 1.29 is 4.79 Å². The Balaban J connectivity index is 1.57. The minimum Gasteiger partial charge on any atom is -0.356 e. The number of amides is 1. The molecule has 18 heavy (non-hydrogen) atoms. The van der Waals surface area contributed by atoms with E-state index in [1.54, 1.807) is 6.20 Å². The van der Waals surface area contributed by atoms with Gasteiger partial charge in [-0.1, -0.05) is 6.07 Å². The smallest absolute Gasteiger partial charge is 0.220 e. The molecule has 4 nitrogen and oxygen atoms in total. The minimum atomic E-state index is 0.172. The highest BCUT2D eigenvalue weighted by molar-refractivity contribution is 5.75. The van der Waals surface area contributed by atoms with Gasteiger partial charge in [0.2, 0.25) is 5.91 Å². The summed E-state index contributed by atoms with van der Waals surface area (Å²) in [4.78, 5) is 15.7. The minimum absolute atomic E-state index is 0.172. The van der Waals surface area contributed by atoms with Crippen molar-refractivity contribution >= 4 is 5.91 Å². The second kappa shape index (κ2) is 7.11. The Morgan fingerprint density at radius 3 is 3.22 bits per heavy atom. The molecule has 4 heteroatoms. The Labute approximate surface area is 108 Å². The molecule has 1 unspecified atom stereocenters. The van der Waals surface area contributed by atoms with E-state index in [1.165, 1.54) is 6.42 Å². The summed E-state index contributed by atoms with van der Waals surface area (Å²) < 4.78 is 0. The highest BCUT2D eigenvalue weighted by atomic mass is 16.1. The maximum Gasteiger partial charge on any atom is 0.220 e. The van der Waals surface area contributed by atoms with Crippen LogP contribution in [-0.2, 0) is 11.2 Å². The molecule has 0 aromatic carbocycles. The molecule has 0 saturated carbocycles. The first-order chi connectivity index (χ1) is 8.84. The third-order valence-corrected chi connectivity index (χ3v) is 3.40. The summed E-state index contributed by atoms with van der Waals surface area (Å²) >= 11 is 0. The van der Waals surface area contributed by atoms with Gasteiger partial charge in [0.05, 0.1) is 0 Å². The van der Waals surface area contributed by atoms with Crippen molar-refractivity contribution in [1.82, 2.24) is 15.6 Å². The molecule has 1 aliphatic rings. The summed E-state index contributed by atoms with van der Waals surface area (Å²) in [5, 5.41) is 6.29. The van der Waals surface area contributed by atoms with Crippen LogP contribution in [0.4, 0.5) is 0 Å². The van der Waals surface area contributed by atoms with Gasteiger partial charge in [0.1, 0.15) is 0 Å². The molecule has 1 aromatic rings. The highest BCUT2D eigenvalue weighted by Crippen LogP contribution is 2.13. The Bertz CT molecular complexity index is 361. The molecule has 0 aliphatic carbocycles. The standard InChI is InChI=1S/C14H21N3O/c18-14(4-3-13-5-8-16-11-13)17-9-6-12-2-1-7-15-10-12/h1-2,7,10,13,16H,3-6,8-9,11H2,(H,17,18). The maximum absolute atomic E-state index is 11.6. The molecule has 0 bridgehead atoms. The largest absolute Gasteiger partial charge is 0.356 e. The summed E-state index contributed by atoms with van der Waals surface area (Å²) in [6.07, 6.45) is 7.33. The molecule has 1 atom stereocenters. The number of pyridine rings is 1. The Kier molecular flexibility index (Phi) is 5.15. The number of hydrogen-bond acceptors (Lipinski definition) is 3. The average Bonchev–Trinajstić information content (AvgIpc) is 2.91. The van der Waals surface area contributed by atoms with Crippen molar-refractivity contribution in [1.29, 1.82) is 0 Å². The second-order valence-electron chi connectivity index (χ2n) is 4.86. The average molecular weight is 247 g/mol. The molecule has 2 heterocycles. The van der Waals surface area contributed by atoms with E-state index in [-0.39, 0.29) is 5.91 Å². The maximum atomic E-state index is 11.6. The van der Waals surface area contributed by atoms with Crippen molar-refractivity contribution in [3.8, 4) is 0 Å². The van der Waals surface area contributed by atoms with Gasteiger partial charge in [0.25, 0.3) is 0 Å². The van der Waals surface area contributed by atoms with Crippen LogP contribution in [0.15, 0.2) is 24.5 Å². The van der Waals surface area contributed by atoms with Gasteiger partial charge in [-0.3, -0.25) is 9.78 Å². The lowest BCUT2D eigenvalue weighted by atomic mass is 10.0. The Hall–Kier alpha value is -1.42. The number of nitrogens with one attached hydrogen (secondary N) is 2. The molecule has 1 aromatic heterocycles. The number of hydrogen-bond donors (Lipinski definition) is 2. The van der Waals surface area contributed by atoms with E-state index < -0.39 is 0 Å². The zero-order valence-corrected chi connectivity index (χ0v) is 10.7. The molecular formula is C14H21N3O. The van der Waals surface area contributed by atoms with Crippen LogP contribution in [0.25, 0.3) is 0 Å². The molecule has 2 N–H and O–H groups in total. The van der Waals surface area contributed by atoms with Crippen LogP contribution in [0.3, 0.4) is 0 Å². The van der Waals surface area contributed by atoms with Gasteiger partial charge in [0.15, 0.2) is 0 Å². The number of nitrogens with zero attached hydrogens (tertiary/aromatic N) is 1. The third-order valence-electron chi connectivity index (χ3n) is 3.40. The van der Waals surface area contributed by atoms with Crippen LogP contribution < -0.4 is 10.6 Å². The summed E-state index contributed by atoms with van der Waals surface area (Å²) in [5.74, 6) is 0.861. The molecule has 2 rings (SSSR count). The molecule has 1 fully saturated rings. The predicted octanol–water partition coefficient (Wildman–Crippen LogP) is 1.13. The van der Waals surface area contributed by atoms with Crippen LogP contribution >= 0.6 is 0 Å². The molecule has 0 radical (unpaired) electrons. The Morgan fingerprint density at radius 2 is 2.50 bits per heavy atom. The van der Waals surface area contributed by atoms with E-state index in [1.807, 2.05) is 18.3 Å². The zero-order chi connectivity index (χ0) is 12.6. The lowest BCUT2D eigenvalue weighted by Gasteiger charge is -2.08. The molecule has 1 aliphatic heterocycles. The fraction of sp³-hybridized carbons (Fsp3) is 0.571. The first-order valence-corrected chi connectivity index (χ1v) is 6.71. The van der Waals surface area contributed by atoms with Crippen LogP contribution in [-0.4, -0.2) is 30.5 Å². The van der Waals surface area contributed by atoms with Gasteiger partial charge >= 0.3 is 0 Å². The molecule has 98 valence electrons. The summed E-state index contributed by atoms with van der Waals surface area (Å²) in [6.45, 7) is 2.88. The number of rotatable bonds is 6. The van der Waals surface area contributed by atoms with Crippen molar-refractivity contribution in [3.05, 3.63) is 30.1 Å². The predicted molar refractivity (Wildman–Crippen MR) is 71.2 cm³/mol. The van der Waals surface area contributed by atoms with E-state index in [0.29, 0.717) is 18.9 Å². The van der Waals surface area contributed by atoms with Crippen molar-refractivity contribution in [3.63, 3.8) is 0 Å². The number of carbonyl (C=O) groups is 1. The van der Waals surface area contributed by atoms with Crippen LogP contribution in [0.2, 0.25) is 0 Å². The number of aromatic nitrogens is 1. The quantitative estimate of drug-likeness (QED) is 0.792. The van der Waals surface area contributed by atoms with Gasteiger partial charge in [-0.05, 0) is 49.9 Å². The topological polar surface area (TPSA) is 54.0 Å². The lowest BCUT2D eigenvalue weighted by molar-refractivity contribution is -0.121. The monoisotopic (exact) mass is 247 g/mol. The van der Waals surface area contributed by atoms with Gasteiger partial charge in [-0.15, -0.1) is 0 Å². The van der Waals surface area contributed by atoms with E-state index in [9.17, 15) is 4.79 Å². The SMILES string of the molecule is O=C(CCC1CCNC1)NCCc1cccnc1. The normalized spacial score (nSPS) is 18.8. The van der Waals surface area contributed by atoms with Gasteiger partial charge in [-0.25, -0.2) is 0 Å². The fourth-order valence-electron chi connectivity index (χ4n) is 2.28. The van der Waals surface area contributed by atoms with Gasteiger partial charge in [-0.2, -0.15) is 0 Å². The fourth-order valence-corrected chi connectivity index (χ4v) is 2.28. The van der Waals surface area contributed by atoms with Crippen molar-refractivity contribution in [2.75, 3.05) is 19.6 Å². The molecule has 0 spiro atoms. The third kappa shape index (κ3) is 4.45. The van der Waals surface area contributed by atoms with Gasteiger partial charge < -0.3 is 10.6 Å². The van der Waals surface area contributed by atoms with Crippen LogP contribution in [0.1, 0.15) is 24.8 Å². The Morgan fingerprint density at radius 1 is 1.56 bits per heavy atom. The first-order valence-electron chi connectivity index (χ1n) is 6.71. The van der Waals surface area contributed by atoms with Crippen molar-refractivity contribution in [2.24, 2.45) is 5.92 Å². The summed E-state index contributed by atoms with van der Waals surface area (Å²) in [6, 6.07) is 3.95. The zero-order valence-electron chi connectivity index (χ0n) is 10.7. The highest BCUT2D eigenvalue weighted by Gasteiger charge is 2.15. The van der Waals surface area contributed by atoms with Gasteiger partial charge in [0, 0.05) is 25.4 Å². The summed E-state index contributed by atoms with van der Waals surface area (Å²) in [7, 11) is 0. The second-order valence-corrected chi connectivity index (χ2v) is 4.86. The van der Waals surface area contributed by atoms with E-state index in [0.717, 1.165) is 31.5 Å². The van der Waals surface area contributed by atoms with E-state index >= 15 is 0 Å². The first kappa shape index (κ1) is 13.0. The molecule has 1 saturated heterocycles. The van der Waals surface area contributed by atoms with E-state index in [2.05, 4.69) is 15.6 Å². The molecular weight excluding hydrogens is 226 g/mol.